The van der Waals surface area contributed by atoms with Gasteiger partial charge in [0.2, 0.25) is 5.75 Å². The van der Waals surface area contributed by atoms with Crippen LogP contribution in [0.5, 0.6) is 17.2 Å². The van der Waals surface area contributed by atoms with Crippen molar-refractivity contribution < 1.29 is 24.5 Å². The van der Waals surface area contributed by atoms with Crippen molar-refractivity contribution in [3.05, 3.63) is 17.2 Å². The first-order valence-electron chi connectivity index (χ1n) is 8.92. The fraction of sp³-hybridized carbons (Fsp3) is 0.632. The Balaban J connectivity index is 1.99. The Bertz CT molecular complexity index is 660. The Morgan fingerprint density at radius 1 is 1.32 bits per heavy atom. The molecule has 6 heteroatoms. The Labute approximate surface area is 148 Å². The van der Waals surface area contributed by atoms with Crippen molar-refractivity contribution in [1.82, 2.24) is 4.90 Å². The summed E-state index contributed by atoms with van der Waals surface area (Å²) in [6.07, 6.45) is 2.76. The average molecular weight is 349 g/mol. The van der Waals surface area contributed by atoms with Gasteiger partial charge in [0, 0.05) is 31.1 Å². The van der Waals surface area contributed by atoms with Crippen molar-refractivity contribution in [3.8, 4) is 17.2 Å². The van der Waals surface area contributed by atoms with Gasteiger partial charge in [-0.2, -0.15) is 0 Å². The van der Waals surface area contributed by atoms with Crippen LogP contribution in [-0.4, -0.2) is 48.4 Å². The first-order valence-corrected chi connectivity index (χ1v) is 8.92. The number of methoxy groups -OCH3 is 2. The summed E-state index contributed by atoms with van der Waals surface area (Å²) in [7, 11) is 3.08. The van der Waals surface area contributed by atoms with Gasteiger partial charge in [0.05, 0.1) is 14.2 Å². The number of ether oxygens (including phenoxy) is 2. The molecule has 0 aliphatic carbocycles. The number of carbonyl (C=O) groups is 1. The van der Waals surface area contributed by atoms with Gasteiger partial charge in [-0.1, -0.05) is 13.3 Å². The summed E-state index contributed by atoms with van der Waals surface area (Å²) < 4.78 is 10.7. The average Bonchev–Trinajstić information content (AvgIpc) is 2.60. The molecule has 0 radical (unpaired) electrons. The number of piperidine rings is 1. The molecule has 0 aromatic heterocycles. The van der Waals surface area contributed by atoms with Crippen LogP contribution in [0, 0.1) is 11.8 Å². The third-order valence-corrected chi connectivity index (χ3v) is 5.86. The number of carboxylic acid groups (broad SMARTS) is 1. The predicted molar refractivity (Wildman–Crippen MR) is 93.4 cm³/mol. The summed E-state index contributed by atoms with van der Waals surface area (Å²) in [5, 5.41) is 19.9. The Morgan fingerprint density at radius 2 is 2.08 bits per heavy atom. The van der Waals surface area contributed by atoms with Gasteiger partial charge in [-0.3, -0.25) is 9.69 Å². The maximum atomic E-state index is 11.3. The molecule has 2 aliphatic rings. The Hall–Kier alpha value is -1.95. The molecule has 3 unspecified atom stereocenters. The molecule has 25 heavy (non-hydrogen) atoms. The highest BCUT2D eigenvalue weighted by Gasteiger charge is 2.40. The van der Waals surface area contributed by atoms with Crippen LogP contribution in [0.4, 0.5) is 0 Å². The highest BCUT2D eigenvalue weighted by atomic mass is 16.5. The smallest absolute Gasteiger partial charge is 0.303 e. The van der Waals surface area contributed by atoms with E-state index in [1.807, 2.05) is 6.07 Å². The van der Waals surface area contributed by atoms with Crippen molar-refractivity contribution in [2.45, 2.75) is 38.6 Å². The lowest BCUT2D eigenvalue weighted by Crippen LogP contribution is -2.46. The second-order valence-corrected chi connectivity index (χ2v) is 7.05. The van der Waals surface area contributed by atoms with Crippen LogP contribution in [0.3, 0.4) is 0 Å². The predicted octanol–water partition coefficient (Wildman–Crippen LogP) is 2.83. The molecule has 0 amide bonds. The largest absolute Gasteiger partial charge is 0.504 e. The molecule has 2 aliphatic heterocycles. The summed E-state index contributed by atoms with van der Waals surface area (Å²) in [5.41, 5.74) is 1.95. The molecular formula is C19H27NO5. The minimum absolute atomic E-state index is 0.126. The van der Waals surface area contributed by atoms with Crippen LogP contribution in [0.25, 0.3) is 0 Å². The van der Waals surface area contributed by atoms with Gasteiger partial charge >= 0.3 is 5.97 Å². The Morgan fingerprint density at radius 3 is 2.68 bits per heavy atom. The van der Waals surface area contributed by atoms with Crippen LogP contribution in [0.2, 0.25) is 0 Å². The number of benzene rings is 1. The van der Waals surface area contributed by atoms with Crippen molar-refractivity contribution in [1.29, 1.82) is 0 Å². The van der Waals surface area contributed by atoms with E-state index in [-0.39, 0.29) is 24.1 Å². The number of carboxylic acids is 1. The molecule has 6 nitrogen and oxygen atoms in total. The van der Waals surface area contributed by atoms with Crippen LogP contribution < -0.4 is 9.47 Å². The zero-order chi connectivity index (χ0) is 18.1. The van der Waals surface area contributed by atoms with Crippen molar-refractivity contribution in [2.24, 2.45) is 11.8 Å². The summed E-state index contributed by atoms with van der Waals surface area (Å²) in [4.78, 5) is 13.7. The van der Waals surface area contributed by atoms with E-state index in [9.17, 15) is 15.0 Å². The van der Waals surface area contributed by atoms with Gasteiger partial charge < -0.3 is 19.7 Å². The minimum Gasteiger partial charge on any atom is -0.504 e. The van der Waals surface area contributed by atoms with E-state index in [0.29, 0.717) is 17.4 Å². The van der Waals surface area contributed by atoms with E-state index in [0.717, 1.165) is 43.5 Å². The first kappa shape index (κ1) is 17.9. The Kier molecular flexibility index (Phi) is 5.08. The van der Waals surface area contributed by atoms with Gasteiger partial charge in [0.1, 0.15) is 0 Å². The van der Waals surface area contributed by atoms with E-state index < -0.39 is 5.97 Å². The molecule has 0 bridgehead atoms. The molecule has 3 atom stereocenters. The van der Waals surface area contributed by atoms with Gasteiger partial charge in [-0.05, 0) is 36.3 Å². The molecule has 2 heterocycles. The number of phenolic OH excluding ortho intramolecular Hbond substituents is 1. The number of nitrogens with zero attached hydrogens (tertiary/aromatic N) is 1. The lowest BCUT2D eigenvalue weighted by atomic mass is 9.74. The highest BCUT2D eigenvalue weighted by molar-refractivity contribution is 5.67. The van der Waals surface area contributed by atoms with Crippen LogP contribution in [0.1, 0.15) is 43.4 Å². The van der Waals surface area contributed by atoms with E-state index in [2.05, 4.69) is 11.8 Å². The third kappa shape index (κ3) is 3.15. The number of aromatic hydroxyl groups is 1. The molecule has 1 aromatic rings. The molecule has 1 aromatic carbocycles. The van der Waals surface area contributed by atoms with E-state index in [1.165, 1.54) is 7.11 Å². The quantitative estimate of drug-likeness (QED) is 0.851. The van der Waals surface area contributed by atoms with Crippen molar-refractivity contribution in [2.75, 3.05) is 27.3 Å². The SMILES string of the molecule is CCC1CN2CCc3c(cc(OC)c(OC)c3O)C2CC1CC(=O)O. The third-order valence-electron chi connectivity index (χ3n) is 5.86. The first-order chi connectivity index (χ1) is 12.0. The minimum atomic E-state index is -0.733. The highest BCUT2D eigenvalue weighted by Crippen LogP contribution is 2.50. The maximum absolute atomic E-state index is 11.3. The molecular weight excluding hydrogens is 322 g/mol. The number of rotatable bonds is 5. The summed E-state index contributed by atoms with van der Waals surface area (Å²) in [6.45, 7) is 3.92. The zero-order valence-electron chi connectivity index (χ0n) is 15.1. The second-order valence-electron chi connectivity index (χ2n) is 7.05. The summed E-state index contributed by atoms with van der Waals surface area (Å²) in [5.74, 6) is 0.881. The molecule has 2 N–H and O–H groups in total. The van der Waals surface area contributed by atoms with Gasteiger partial charge in [-0.25, -0.2) is 0 Å². The summed E-state index contributed by atoms with van der Waals surface area (Å²) >= 11 is 0. The number of hydrogen-bond donors (Lipinski definition) is 2. The normalized spacial score (nSPS) is 25.8. The van der Waals surface area contributed by atoms with Crippen molar-refractivity contribution >= 4 is 5.97 Å². The molecule has 1 fully saturated rings. The fourth-order valence-electron chi connectivity index (χ4n) is 4.56. The molecule has 1 saturated heterocycles. The van der Waals surface area contributed by atoms with Crippen LogP contribution in [-0.2, 0) is 11.2 Å². The van der Waals surface area contributed by atoms with Crippen LogP contribution >= 0.6 is 0 Å². The van der Waals surface area contributed by atoms with Gasteiger partial charge in [-0.15, -0.1) is 0 Å². The summed E-state index contributed by atoms with van der Waals surface area (Å²) in [6, 6.07) is 2.08. The maximum Gasteiger partial charge on any atom is 0.303 e. The zero-order valence-corrected chi connectivity index (χ0v) is 15.1. The van der Waals surface area contributed by atoms with Gasteiger partial charge in [0.15, 0.2) is 11.5 Å². The van der Waals surface area contributed by atoms with E-state index in [1.54, 1.807) is 7.11 Å². The molecule has 138 valence electrons. The number of fused-ring (bicyclic) bond motifs is 3. The number of phenols is 1. The van der Waals surface area contributed by atoms with Gasteiger partial charge in [0.25, 0.3) is 0 Å². The van der Waals surface area contributed by atoms with E-state index in [4.69, 9.17) is 9.47 Å². The number of hydrogen-bond acceptors (Lipinski definition) is 5. The molecule has 3 rings (SSSR count). The topological polar surface area (TPSA) is 79.2 Å². The molecule has 0 spiro atoms. The van der Waals surface area contributed by atoms with E-state index >= 15 is 0 Å². The monoisotopic (exact) mass is 349 g/mol. The second kappa shape index (κ2) is 7.12. The van der Waals surface area contributed by atoms with Crippen LogP contribution in [0.15, 0.2) is 6.07 Å². The molecule has 0 saturated carbocycles. The lowest BCUT2D eigenvalue weighted by Gasteiger charge is -2.47. The lowest BCUT2D eigenvalue weighted by molar-refractivity contribution is -0.139. The standard InChI is InChI=1S/C19H27NO5/c1-4-11-10-20-6-5-13-14(15(20)7-12(11)8-17(21)22)9-16(24-2)19(25-3)18(13)23/h9,11-12,15,23H,4-8,10H2,1-3H3,(H,21,22). The van der Waals surface area contributed by atoms with Crippen molar-refractivity contribution in [3.63, 3.8) is 0 Å². The number of aliphatic carboxylic acids is 1. The fourth-order valence-corrected chi connectivity index (χ4v) is 4.56.